The SMILES string of the molecule is CCC1(CC)CCC(c2cc(N3CCC(OC)C3)ccc2[C@@H]2CNCCN2C(=O)O)CC1. The van der Waals surface area contributed by atoms with Crippen molar-refractivity contribution in [3.63, 3.8) is 0 Å². The Hall–Kier alpha value is -1.79. The second-order valence-electron chi connectivity index (χ2n) is 10.1. The summed E-state index contributed by atoms with van der Waals surface area (Å²) >= 11 is 0. The first kappa shape index (κ1) is 23.4. The number of rotatable bonds is 6. The molecule has 178 valence electrons. The topological polar surface area (TPSA) is 65.0 Å². The van der Waals surface area contributed by atoms with Crippen molar-refractivity contribution in [3.8, 4) is 0 Å². The Morgan fingerprint density at radius 2 is 1.91 bits per heavy atom. The zero-order valence-corrected chi connectivity index (χ0v) is 20.1. The van der Waals surface area contributed by atoms with E-state index in [1.54, 1.807) is 12.0 Å². The molecule has 1 unspecified atom stereocenters. The Labute approximate surface area is 193 Å². The molecule has 3 fully saturated rings. The van der Waals surface area contributed by atoms with Gasteiger partial charge in [0.1, 0.15) is 0 Å². The second-order valence-corrected chi connectivity index (χ2v) is 10.1. The van der Waals surface area contributed by atoms with E-state index in [0.29, 0.717) is 30.5 Å². The zero-order valence-electron chi connectivity index (χ0n) is 20.1. The molecule has 1 saturated carbocycles. The average molecular weight is 444 g/mol. The van der Waals surface area contributed by atoms with Crippen molar-refractivity contribution in [2.75, 3.05) is 44.7 Å². The van der Waals surface area contributed by atoms with Gasteiger partial charge in [0.05, 0.1) is 12.1 Å². The number of hydrogen-bond donors (Lipinski definition) is 2. The van der Waals surface area contributed by atoms with Crippen LogP contribution in [0.2, 0.25) is 0 Å². The summed E-state index contributed by atoms with van der Waals surface area (Å²) in [6, 6.07) is 6.70. The molecule has 32 heavy (non-hydrogen) atoms. The smallest absolute Gasteiger partial charge is 0.407 e. The summed E-state index contributed by atoms with van der Waals surface area (Å²) in [4.78, 5) is 16.1. The Kier molecular flexibility index (Phi) is 7.30. The molecule has 6 nitrogen and oxygen atoms in total. The highest BCUT2D eigenvalue weighted by Crippen LogP contribution is 2.49. The molecule has 0 aromatic heterocycles. The first-order chi connectivity index (χ1) is 15.5. The van der Waals surface area contributed by atoms with Crippen LogP contribution in [-0.2, 0) is 4.74 Å². The molecule has 0 radical (unpaired) electrons. The van der Waals surface area contributed by atoms with Crippen molar-refractivity contribution >= 4 is 11.8 Å². The van der Waals surface area contributed by atoms with E-state index in [4.69, 9.17) is 4.74 Å². The molecule has 2 aliphatic heterocycles. The van der Waals surface area contributed by atoms with E-state index in [1.165, 1.54) is 55.3 Å². The van der Waals surface area contributed by atoms with Crippen LogP contribution in [0.1, 0.15) is 81.9 Å². The maximum absolute atomic E-state index is 12.0. The molecule has 1 aromatic carbocycles. The number of carboxylic acid groups (broad SMARTS) is 1. The van der Waals surface area contributed by atoms with E-state index in [9.17, 15) is 9.90 Å². The molecule has 2 heterocycles. The van der Waals surface area contributed by atoms with Crippen LogP contribution in [0, 0.1) is 5.41 Å². The van der Waals surface area contributed by atoms with Gasteiger partial charge in [0.25, 0.3) is 0 Å². The van der Waals surface area contributed by atoms with Gasteiger partial charge in [-0.15, -0.1) is 0 Å². The highest BCUT2D eigenvalue weighted by Gasteiger charge is 2.36. The normalized spacial score (nSPS) is 26.5. The number of amides is 1. The summed E-state index contributed by atoms with van der Waals surface area (Å²) in [5.74, 6) is 0.509. The number of nitrogens with zero attached hydrogens (tertiary/aromatic N) is 2. The maximum atomic E-state index is 12.0. The van der Waals surface area contributed by atoms with E-state index in [1.807, 2.05) is 0 Å². The van der Waals surface area contributed by atoms with Gasteiger partial charge in [0.2, 0.25) is 0 Å². The monoisotopic (exact) mass is 443 g/mol. The summed E-state index contributed by atoms with van der Waals surface area (Å²) < 4.78 is 5.59. The molecule has 3 aliphatic rings. The summed E-state index contributed by atoms with van der Waals surface area (Å²) in [5.41, 5.74) is 4.34. The van der Waals surface area contributed by atoms with Crippen LogP contribution in [0.4, 0.5) is 10.5 Å². The summed E-state index contributed by atoms with van der Waals surface area (Å²) in [5, 5.41) is 13.3. The predicted molar refractivity (Wildman–Crippen MR) is 129 cm³/mol. The largest absolute Gasteiger partial charge is 0.465 e. The van der Waals surface area contributed by atoms with Gasteiger partial charge in [-0.25, -0.2) is 4.79 Å². The lowest BCUT2D eigenvalue weighted by atomic mass is 9.65. The zero-order chi connectivity index (χ0) is 22.7. The van der Waals surface area contributed by atoms with Crippen molar-refractivity contribution < 1.29 is 14.6 Å². The van der Waals surface area contributed by atoms with E-state index in [0.717, 1.165) is 26.1 Å². The van der Waals surface area contributed by atoms with Crippen molar-refractivity contribution in [1.82, 2.24) is 10.2 Å². The fourth-order valence-electron chi connectivity index (χ4n) is 6.28. The number of methoxy groups -OCH3 is 1. The lowest BCUT2D eigenvalue weighted by Crippen LogP contribution is -2.48. The molecule has 1 aromatic rings. The van der Waals surface area contributed by atoms with Crippen molar-refractivity contribution in [2.45, 2.75) is 76.9 Å². The van der Waals surface area contributed by atoms with Crippen molar-refractivity contribution in [1.29, 1.82) is 0 Å². The van der Waals surface area contributed by atoms with Crippen LogP contribution in [0.5, 0.6) is 0 Å². The minimum atomic E-state index is -0.811. The van der Waals surface area contributed by atoms with Gasteiger partial charge in [-0.1, -0.05) is 32.8 Å². The highest BCUT2D eigenvalue weighted by atomic mass is 16.5. The van der Waals surface area contributed by atoms with E-state index in [2.05, 4.69) is 42.3 Å². The van der Waals surface area contributed by atoms with Gasteiger partial charge >= 0.3 is 6.09 Å². The minimum Gasteiger partial charge on any atom is -0.465 e. The van der Waals surface area contributed by atoms with Crippen LogP contribution >= 0.6 is 0 Å². The number of nitrogens with one attached hydrogen (secondary N) is 1. The quantitative estimate of drug-likeness (QED) is 0.648. The first-order valence-electron chi connectivity index (χ1n) is 12.6. The molecule has 0 bridgehead atoms. The van der Waals surface area contributed by atoms with Crippen LogP contribution in [0.3, 0.4) is 0 Å². The summed E-state index contributed by atoms with van der Waals surface area (Å²) in [6.07, 6.45) is 8.01. The lowest BCUT2D eigenvalue weighted by Gasteiger charge is -2.41. The number of ether oxygens (including phenoxy) is 1. The number of carbonyl (C=O) groups is 1. The predicted octanol–water partition coefficient (Wildman–Crippen LogP) is 5.00. The standard InChI is InChI=1S/C26H41N3O3/c1-4-26(5-2)11-8-19(9-12-26)23-16-20(28-14-10-21(18-28)32-3)6-7-22(23)24-17-27-13-15-29(24)25(30)31/h6-7,16,19,21,24,27H,4-5,8-15,17-18H2,1-3H3,(H,30,31)/t21?,24-/m0/s1. The molecule has 6 heteroatoms. The maximum Gasteiger partial charge on any atom is 0.407 e. The summed E-state index contributed by atoms with van der Waals surface area (Å²) in [6.45, 7) is 8.59. The van der Waals surface area contributed by atoms with Gasteiger partial charge < -0.3 is 20.1 Å². The van der Waals surface area contributed by atoms with Crippen LogP contribution in [-0.4, -0.2) is 62.0 Å². The Balaban J connectivity index is 1.66. The van der Waals surface area contributed by atoms with E-state index >= 15 is 0 Å². The summed E-state index contributed by atoms with van der Waals surface area (Å²) in [7, 11) is 1.80. The minimum absolute atomic E-state index is 0.111. The van der Waals surface area contributed by atoms with Crippen LogP contribution < -0.4 is 10.2 Å². The van der Waals surface area contributed by atoms with Crippen LogP contribution in [0.15, 0.2) is 18.2 Å². The lowest BCUT2D eigenvalue weighted by molar-refractivity contribution is 0.111. The molecule has 2 atom stereocenters. The number of hydrogen-bond acceptors (Lipinski definition) is 4. The van der Waals surface area contributed by atoms with Crippen molar-refractivity contribution in [3.05, 3.63) is 29.3 Å². The van der Waals surface area contributed by atoms with Gasteiger partial charge in [-0.3, -0.25) is 4.90 Å². The van der Waals surface area contributed by atoms with Gasteiger partial charge in [-0.05, 0) is 66.7 Å². The van der Waals surface area contributed by atoms with E-state index < -0.39 is 6.09 Å². The molecule has 2 saturated heterocycles. The fraction of sp³-hybridized carbons (Fsp3) is 0.731. The third-order valence-electron chi connectivity index (χ3n) is 8.75. The highest BCUT2D eigenvalue weighted by molar-refractivity contribution is 5.66. The molecular formula is C26H41N3O3. The van der Waals surface area contributed by atoms with Crippen molar-refractivity contribution in [2.24, 2.45) is 5.41 Å². The molecule has 1 aliphatic carbocycles. The molecule has 4 rings (SSSR count). The van der Waals surface area contributed by atoms with Crippen LogP contribution in [0.25, 0.3) is 0 Å². The molecule has 0 spiro atoms. The third-order valence-corrected chi connectivity index (χ3v) is 8.75. The Bertz CT molecular complexity index is 785. The van der Waals surface area contributed by atoms with Gasteiger partial charge in [-0.2, -0.15) is 0 Å². The Morgan fingerprint density at radius 1 is 1.16 bits per heavy atom. The first-order valence-corrected chi connectivity index (χ1v) is 12.6. The second kappa shape index (κ2) is 10.0. The van der Waals surface area contributed by atoms with Gasteiger partial charge in [0.15, 0.2) is 0 Å². The molecule has 1 amide bonds. The average Bonchev–Trinajstić information content (AvgIpc) is 3.33. The molecule has 2 N–H and O–H groups in total. The fourth-order valence-corrected chi connectivity index (χ4v) is 6.28. The van der Waals surface area contributed by atoms with E-state index in [-0.39, 0.29) is 6.04 Å². The van der Waals surface area contributed by atoms with Gasteiger partial charge in [0, 0.05) is 45.5 Å². The number of anilines is 1. The Morgan fingerprint density at radius 3 is 2.53 bits per heavy atom. The molecular weight excluding hydrogens is 402 g/mol. The number of benzene rings is 1. The third kappa shape index (κ3) is 4.62. The number of piperazine rings is 1.